The molecule has 2 saturated heterocycles. The van der Waals surface area contributed by atoms with Gasteiger partial charge in [0.1, 0.15) is 0 Å². The number of terminal acetylenes is 1. The lowest BCUT2D eigenvalue weighted by atomic mass is 10.1. The first-order chi connectivity index (χ1) is 6.31. The molecule has 0 amide bonds. The first-order valence-electron chi connectivity index (χ1n) is 4.79. The average Bonchev–Trinajstić information content (AvgIpc) is 2.49. The largest absolute Gasteiger partial charge is 0.374 e. The van der Waals surface area contributed by atoms with Crippen molar-refractivity contribution in [1.82, 2.24) is 9.80 Å². The van der Waals surface area contributed by atoms with Gasteiger partial charge < -0.3 is 4.74 Å². The van der Waals surface area contributed by atoms with Gasteiger partial charge in [-0.3, -0.25) is 9.80 Å². The Morgan fingerprint density at radius 3 is 3.08 bits per heavy atom. The van der Waals surface area contributed by atoms with E-state index in [1.165, 1.54) is 0 Å². The Kier molecular flexibility index (Phi) is 2.54. The second-order valence-corrected chi connectivity index (χ2v) is 3.86. The van der Waals surface area contributed by atoms with E-state index < -0.39 is 0 Å². The zero-order chi connectivity index (χ0) is 9.26. The summed E-state index contributed by atoms with van der Waals surface area (Å²) in [5.41, 5.74) is 0. The van der Waals surface area contributed by atoms with Crippen molar-refractivity contribution in [2.75, 3.05) is 39.8 Å². The zero-order valence-electron chi connectivity index (χ0n) is 8.07. The third-order valence-corrected chi connectivity index (χ3v) is 2.97. The number of likely N-dealkylation sites (tertiary alicyclic amines) is 1. The van der Waals surface area contributed by atoms with Crippen molar-refractivity contribution in [2.24, 2.45) is 0 Å². The fraction of sp³-hybridized carbons (Fsp3) is 0.800. The van der Waals surface area contributed by atoms with E-state index in [1.807, 2.05) is 0 Å². The van der Waals surface area contributed by atoms with Crippen molar-refractivity contribution in [3.8, 4) is 12.3 Å². The highest BCUT2D eigenvalue weighted by molar-refractivity contribution is 4.98. The quantitative estimate of drug-likeness (QED) is 0.512. The number of morpholine rings is 1. The Balaban J connectivity index is 1.96. The molecule has 0 radical (unpaired) electrons. The van der Waals surface area contributed by atoms with Crippen LogP contribution in [0.15, 0.2) is 0 Å². The molecule has 0 aliphatic carbocycles. The molecule has 0 saturated carbocycles. The van der Waals surface area contributed by atoms with Gasteiger partial charge in [0, 0.05) is 25.7 Å². The summed E-state index contributed by atoms with van der Waals surface area (Å²) in [4.78, 5) is 4.67. The summed E-state index contributed by atoms with van der Waals surface area (Å²) in [7, 11) is 2.17. The standard InChI is InChI=1S/C10H16N2O/c1-3-4-12-7-9-10(8-12)13-6-5-11(9)2/h1,9-10H,4-8H2,2H3. The molecule has 0 aromatic carbocycles. The minimum absolute atomic E-state index is 0.382. The highest BCUT2D eigenvalue weighted by Gasteiger charge is 2.37. The Morgan fingerprint density at radius 2 is 2.38 bits per heavy atom. The van der Waals surface area contributed by atoms with Gasteiger partial charge in [0.2, 0.25) is 0 Å². The van der Waals surface area contributed by atoms with E-state index in [-0.39, 0.29) is 0 Å². The van der Waals surface area contributed by atoms with Gasteiger partial charge in [0.15, 0.2) is 0 Å². The predicted molar refractivity (Wildman–Crippen MR) is 51.4 cm³/mol. The molecule has 3 heteroatoms. The highest BCUT2D eigenvalue weighted by atomic mass is 16.5. The monoisotopic (exact) mass is 180 g/mol. The number of likely N-dealkylation sites (N-methyl/N-ethyl adjacent to an activating group) is 1. The van der Waals surface area contributed by atoms with Gasteiger partial charge in [-0.1, -0.05) is 5.92 Å². The second-order valence-electron chi connectivity index (χ2n) is 3.86. The lowest BCUT2D eigenvalue weighted by molar-refractivity contribution is -0.0369. The molecule has 2 atom stereocenters. The summed E-state index contributed by atoms with van der Waals surface area (Å²) in [6, 6.07) is 0.557. The molecule has 0 bridgehead atoms. The lowest BCUT2D eigenvalue weighted by Crippen LogP contribution is -2.48. The van der Waals surface area contributed by atoms with Crippen LogP contribution in [0, 0.1) is 12.3 Å². The summed E-state index contributed by atoms with van der Waals surface area (Å²) < 4.78 is 5.70. The van der Waals surface area contributed by atoms with Crippen LogP contribution in [0.5, 0.6) is 0 Å². The number of hydrogen-bond donors (Lipinski definition) is 0. The summed E-state index contributed by atoms with van der Waals surface area (Å²) in [6.45, 7) is 4.72. The van der Waals surface area contributed by atoms with Gasteiger partial charge in [0.05, 0.1) is 19.3 Å². The summed E-state index contributed by atoms with van der Waals surface area (Å²) in [5, 5.41) is 0. The van der Waals surface area contributed by atoms with E-state index in [0.717, 1.165) is 32.8 Å². The van der Waals surface area contributed by atoms with Crippen molar-refractivity contribution >= 4 is 0 Å². The van der Waals surface area contributed by atoms with Gasteiger partial charge in [-0.25, -0.2) is 0 Å². The number of nitrogens with zero attached hydrogens (tertiary/aromatic N) is 2. The molecule has 72 valence electrons. The molecule has 3 nitrogen and oxygen atoms in total. The van der Waals surface area contributed by atoms with Crippen molar-refractivity contribution < 1.29 is 4.74 Å². The van der Waals surface area contributed by atoms with Crippen molar-refractivity contribution in [3.05, 3.63) is 0 Å². The van der Waals surface area contributed by atoms with E-state index in [0.29, 0.717) is 12.1 Å². The van der Waals surface area contributed by atoms with Gasteiger partial charge in [0.25, 0.3) is 0 Å². The van der Waals surface area contributed by atoms with Crippen molar-refractivity contribution in [2.45, 2.75) is 12.1 Å². The molecule has 0 N–H and O–H groups in total. The maximum atomic E-state index is 5.70. The minimum Gasteiger partial charge on any atom is -0.374 e. The maximum Gasteiger partial charge on any atom is 0.0870 e. The van der Waals surface area contributed by atoms with Crippen LogP contribution in [0.25, 0.3) is 0 Å². The molecule has 2 heterocycles. The summed E-state index contributed by atoms with van der Waals surface area (Å²) >= 11 is 0. The van der Waals surface area contributed by atoms with Crippen molar-refractivity contribution in [3.63, 3.8) is 0 Å². The second kappa shape index (κ2) is 3.67. The third-order valence-electron chi connectivity index (χ3n) is 2.97. The van der Waals surface area contributed by atoms with Gasteiger partial charge in [-0.2, -0.15) is 0 Å². The Hall–Kier alpha value is -0.560. The third kappa shape index (κ3) is 1.71. The van der Waals surface area contributed by atoms with E-state index in [2.05, 4.69) is 22.8 Å². The minimum atomic E-state index is 0.382. The van der Waals surface area contributed by atoms with Crippen LogP contribution in [0.1, 0.15) is 0 Å². The molecule has 13 heavy (non-hydrogen) atoms. The Bertz CT molecular complexity index is 223. The molecule has 0 aromatic heterocycles. The molecule has 2 fully saturated rings. The summed E-state index contributed by atoms with van der Waals surface area (Å²) in [5.74, 6) is 2.69. The van der Waals surface area contributed by atoms with Crippen LogP contribution in [-0.2, 0) is 4.74 Å². The van der Waals surface area contributed by atoms with Crippen LogP contribution in [-0.4, -0.2) is 61.8 Å². The molecule has 2 aliphatic heterocycles. The number of hydrogen-bond acceptors (Lipinski definition) is 3. The topological polar surface area (TPSA) is 15.7 Å². The fourth-order valence-corrected chi connectivity index (χ4v) is 2.19. The van der Waals surface area contributed by atoms with Gasteiger partial charge >= 0.3 is 0 Å². The van der Waals surface area contributed by atoms with E-state index in [1.54, 1.807) is 0 Å². The first kappa shape index (κ1) is 9.01. The number of fused-ring (bicyclic) bond motifs is 1. The molecular formula is C10H16N2O. The maximum absolute atomic E-state index is 5.70. The number of ether oxygens (including phenoxy) is 1. The molecule has 0 aromatic rings. The lowest BCUT2D eigenvalue weighted by Gasteiger charge is -2.33. The van der Waals surface area contributed by atoms with Crippen LogP contribution in [0.3, 0.4) is 0 Å². The van der Waals surface area contributed by atoms with Crippen LogP contribution >= 0.6 is 0 Å². The number of rotatable bonds is 1. The van der Waals surface area contributed by atoms with Crippen LogP contribution in [0.4, 0.5) is 0 Å². The first-order valence-corrected chi connectivity index (χ1v) is 4.79. The smallest absolute Gasteiger partial charge is 0.0870 e. The van der Waals surface area contributed by atoms with Crippen LogP contribution in [0.2, 0.25) is 0 Å². The molecule has 2 rings (SSSR count). The Morgan fingerprint density at radius 1 is 1.54 bits per heavy atom. The van der Waals surface area contributed by atoms with E-state index in [9.17, 15) is 0 Å². The SMILES string of the molecule is C#CCN1CC2OCCN(C)C2C1. The Labute approximate surface area is 79.6 Å². The molecular weight excluding hydrogens is 164 g/mol. The molecule has 0 spiro atoms. The molecule has 2 unspecified atom stereocenters. The zero-order valence-corrected chi connectivity index (χ0v) is 8.07. The van der Waals surface area contributed by atoms with E-state index in [4.69, 9.17) is 11.2 Å². The summed E-state index contributed by atoms with van der Waals surface area (Å²) in [6.07, 6.45) is 5.67. The fourth-order valence-electron chi connectivity index (χ4n) is 2.19. The highest BCUT2D eigenvalue weighted by Crippen LogP contribution is 2.20. The van der Waals surface area contributed by atoms with Crippen LogP contribution < -0.4 is 0 Å². The van der Waals surface area contributed by atoms with E-state index >= 15 is 0 Å². The average molecular weight is 180 g/mol. The molecule has 2 aliphatic rings. The van der Waals surface area contributed by atoms with Gasteiger partial charge in [-0.15, -0.1) is 6.42 Å². The van der Waals surface area contributed by atoms with Crippen molar-refractivity contribution in [1.29, 1.82) is 0 Å². The van der Waals surface area contributed by atoms with Gasteiger partial charge in [-0.05, 0) is 7.05 Å². The normalized spacial score (nSPS) is 35.7. The predicted octanol–water partition coefficient (Wildman–Crippen LogP) is -0.366.